The van der Waals surface area contributed by atoms with E-state index in [1.165, 1.54) is 22.4 Å². The molecule has 0 saturated carbocycles. The van der Waals surface area contributed by atoms with Gasteiger partial charge in [0.25, 0.3) is 0 Å². The second-order valence-electron chi connectivity index (χ2n) is 7.66. The fourth-order valence-electron chi connectivity index (χ4n) is 4.07. The van der Waals surface area contributed by atoms with Crippen molar-refractivity contribution in [1.29, 1.82) is 0 Å². The molecule has 3 aromatic carbocycles. The second kappa shape index (κ2) is 7.80. The number of aryl methyl sites for hydroxylation is 1. The summed E-state index contributed by atoms with van der Waals surface area (Å²) in [6.07, 6.45) is 0.800. The molecule has 0 aliphatic carbocycles. The molecule has 28 heavy (non-hydrogen) atoms. The first-order valence-electron chi connectivity index (χ1n) is 9.67. The van der Waals surface area contributed by atoms with Crippen molar-refractivity contribution >= 4 is 15.5 Å². The van der Waals surface area contributed by atoms with E-state index in [1.54, 1.807) is 24.3 Å². The first-order valence-corrected chi connectivity index (χ1v) is 11.3. The molecule has 0 spiro atoms. The third-order valence-electron chi connectivity index (χ3n) is 5.34. The van der Waals surface area contributed by atoms with Crippen LogP contribution in [0.4, 0.5) is 5.69 Å². The fraction of sp³-hybridized carbons (Fsp3) is 0.250. The summed E-state index contributed by atoms with van der Waals surface area (Å²) in [6, 6.07) is 25.7. The molecule has 0 aromatic heterocycles. The van der Waals surface area contributed by atoms with E-state index >= 15 is 0 Å². The molecule has 144 valence electrons. The molecule has 3 nitrogen and oxygen atoms in total. The lowest BCUT2D eigenvalue weighted by atomic mass is 9.92. The van der Waals surface area contributed by atoms with Gasteiger partial charge in [-0.15, -0.1) is 0 Å². The van der Waals surface area contributed by atoms with Crippen molar-refractivity contribution in [3.63, 3.8) is 0 Å². The summed E-state index contributed by atoms with van der Waals surface area (Å²) in [7, 11) is -3.30. The molecule has 0 radical (unpaired) electrons. The van der Waals surface area contributed by atoms with Crippen LogP contribution in [0.3, 0.4) is 0 Å². The molecule has 0 saturated heterocycles. The molecule has 0 amide bonds. The highest BCUT2D eigenvalue weighted by Gasteiger charge is 2.29. The predicted octanol–water partition coefficient (Wildman–Crippen LogP) is 4.65. The van der Waals surface area contributed by atoms with E-state index in [2.05, 4.69) is 42.2 Å². The lowest BCUT2D eigenvalue weighted by Crippen LogP contribution is -2.38. The molecule has 1 heterocycles. The minimum atomic E-state index is -3.30. The van der Waals surface area contributed by atoms with Crippen molar-refractivity contribution in [3.05, 3.63) is 95.6 Å². The summed E-state index contributed by atoms with van der Waals surface area (Å²) in [5.41, 5.74) is 4.92. The van der Waals surface area contributed by atoms with E-state index in [-0.39, 0.29) is 11.7 Å². The SMILES string of the molecule is Cc1ccc2c(c1)C[C@@H](CS(=O)(=O)c1ccccc1)CN2Cc1ccccc1. The van der Waals surface area contributed by atoms with E-state index < -0.39 is 9.84 Å². The van der Waals surface area contributed by atoms with Crippen LogP contribution in [-0.2, 0) is 22.8 Å². The van der Waals surface area contributed by atoms with Gasteiger partial charge in [0.05, 0.1) is 10.6 Å². The van der Waals surface area contributed by atoms with Crippen LogP contribution in [-0.4, -0.2) is 20.7 Å². The van der Waals surface area contributed by atoms with Crippen molar-refractivity contribution in [2.75, 3.05) is 17.2 Å². The quantitative estimate of drug-likeness (QED) is 0.635. The first kappa shape index (κ1) is 18.8. The van der Waals surface area contributed by atoms with E-state index in [1.807, 2.05) is 24.3 Å². The number of anilines is 1. The van der Waals surface area contributed by atoms with E-state index in [9.17, 15) is 8.42 Å². The molecule has 0 fully saturated rings. The maximum Gasteiger partial charge on any atom is 0.178 e. The first-order chi connectivity index (χ1) is 13.5. The highest BCUT2D eigenvalue weighted by molar-refractivity contribution is 7.91. The molecule has 1 aliphatic rings. The Labute approximate surface area is 167 Å². The normalized spacial score (nSPS) is 16.6. The van der Waals surface area contributed by atoms with Gasteiger partial charge >= 0.3 is 0 Å². The zero-order valence-corrected chi connectivity index (χ0v) is 16.9. The van der Waals surface area contributed by atoms with Crippen LogP contribution in [0.1, 0.15) is 16.7 Å². The van der Waals surface area contributed by atoms with Crippen LogP contribution < -0.4 is 4.90 Å². The van der Waals surface area contributed by atoms with Crippen molar-refractivity contribution in [3.8, 4) is 0 Å². The fourth-order valence-corrected chi connectivity index (χ4v) is 5.68. The monoisotopic (exact) mass is 391 g/mol. The highest BCUT2D eigenvalue weighted by Crippen LogP contribution is 2.33. The molecular formula is C24H25NO2S. The summed E-state index contributed by atoms with van der Waals surface area (Å²) in [4.78, 5) is 2.75. The average molecular weight is 392 g/mol. The van der Waals surface area contributed by atoms with Gasteiger partial charge in [0.15, 0.2) is 9.84 Å². The summed E-state index contributed by atoms with van der Waals surface area (Å²) in [5, 5.41) is 0. The molecular weight excluding hydrogens is 366 g/mol. The minimum absolute atomic E-state index is 0.0724. The van der Waals surface area contributed by atoms with Gasteiger partial charge in [-0.3, -0.25) is 0 Å². The van der Waals surface area contributed by atoms with Crippen LogP contribution in [0.15, 0.2) is 83.8 Å². The molecule has 0 unspecified atom stereocenters. The predicted molar refractivity (Wildman–Crippen MR) is 114 cm³/mol. The molecule has 1 aliphatic heterocycles. The standard InChI is InChI=1S/C24H25NO2S/c1-19-12-13-24-22(14-19)15-21(17-25(24)16-20-8-4-2-5-9-20)18-28(26,27)23-10-6-3-7-11-23/h2-14,21H,15-18H2,1H3/t21-/m1/s1. The van der Waals surface area contributed by atoms with Gasteiger partial charge in [-0.25, -0.2) is 8.42 Å². The van der Waals surface area contributed by atoms with E-state index in [0.717, 1.165) is 19.5 Å². The third-order valence-corrected chi connectivity index (χ3v) is 7.24. The number of hydrogen-bond donors (Lipinski definition) is 0. The van der Waals surface area contributed by atoms with Crippen LogP contribution >= 0.6 is 0 Å². The van der Waals surface area contributed by atoms with Gasteiger partial charge in [0, 0.05) is 18.8 Å². The number of rotatable bonds is 5. The molecule has 3 aromatic rings. The Bertz CT molecular complexity index is 1050. The Morgan fingerprint density at radius 1 is 0.929 bits per heavy atom. The lowest BCUT2D eigenvalue weighted by Gasteiger charge is -2.36. The Kier molecular flexibility index (Phi) is 5.23. The Morgan fingerprint density at radius 2 is 1.61 bits per heavy atom. The minimum Gasteiger partial charge on any atom is -0.367 e. The van der Waals surface area contributed by atoms with Crippen molar-refractivity contribution in [2.24, 2.45) is 5.92 Å². The van der Waals surface area contributed by atoms with Crippen molar-refractivity contribution in [1.82, 2.24) is 0 Å². The van der Waals surface area contributed by atoms with Gasteiger partial charge in [0.1, 0.15) is 0 Å². The molecule has 0 N–H and O–H groups in total. The zero-order valence-electron chi connectivity index (χ0n) is 16.1. The van der Waals surface area contributed by atoms with Gasteiger partial charge < -0.3 is 4.90 Å². The Balaban J connectivity index is 1.62. The van der Waals surface area contributed by atoms with Crippen LogP contribution in [0.2, 0.25) is 0 Å². The summed E-state index contributed by atoms with van der Waals surface area (Å²) in [6.45, 7) is 3.63. The molecule has 1 atom stereocenters. The smallest absolute Gasteiger partial charge is 0.178 e. The van der Waals surface area contributed by atoms with E-state index in [4.69, 9.17) is 0 Å². The third kappa shape index (κ3) is 4.12. The highest BCUT2D eigenvalue weighted by atomic mass is 32.2. The number of fused-ring (bicyclic) bond motifs is 1. The largest absolute Gasteiger partial charge is 0.367 e. The zero-order chi connectivity index (χ0) is 19.6. The second-order valence-corrected chi connectivity index (χ2v) is 9.70. The number of hydrogen-bond acceptors (Lipinski definition) is 3. The number of benzene rings is 3. The van der Waals surface area contributed by atoms with Gasteiger partial charge in [-0.2, -0.15) is 0 Å². The lowest BCUT2D eigenvalue weighted by molar-refractivity contribution is 0.515. The van der Waals surface area contributed by atoms with Gasteiger partial charge in [-0.05, 0) is 48.6 Å². The van der Waals surface area contributed by atoms with Gasteiger partial charge in [0.2, 0.25) is 0 Å². The Morgan fingerprint density at radius 3 is 2.32 bits per heavy atom. The number of sulfone groups is 1. The maximum absolute atomic E-state index is 12.9. The molecule has 4 rings (SSSR count). The van der Waals surface area contributed by atoms with E-state index in [0.29, 0.717) is 4.90 Å². The molecule has 0 bridgehead atoms. The molecule has 4 heteroatoms. The van der Waals surface area contributed by atoms with Crippen LogP contribution in [0.5, 0.6) is 0 Å². The average Bonchev–Trinajstić information content (AvgIpc) is 2.69. The topological polar surface area (TPSA) is 37.4 Å². The van der Waals surface area contributed by atoms with Crippen LogP contribution in [0.25, 0.3) is 0 Å². The van der Waals surface area contributed by atoms with Crippen molar-refractivity contribution in [2.45, 2.75) is 24.8 Å². The van der Waals surface area contributed by atoms with Crippen LogP contribution in [0, 0.1) is 12.8 Å². The van der Waals surface area contributed by atoms with Crippen molar-refractivity contribution < 1.29 is 8.42 Å². The number of nitrogens with zero attached hydrogens (tertiary/aromatic N) is 1. The summed E-state index contributed by atoms with van der Waals surface area (Å²) < 4.78 is 25.9. The summed E-state index contributed by atoms with van der Waals surface area (Å²) >= 11 is 0. The maximum atomic E-state index is 12.9. The summed E-state index contributed by atoms with van der Waals surface area (Å²) in [5.74, 6) is 0.249. The Hall–Kier alpha value is -2.59. The van der Waals surface area contributed by atoms with Gasteiger partial charge in [-0.1, -0.05) is 66.2 Å².